The van der Waals surface area contributed by atoms with Gasteiger partial charge in [-0.1, -0.05) is 19.3 Å². The summed E-state index contributed by atoms with van der Waals surface area (Å²) in [6.45, 7) is 0.819. The number of nitrogens with zero attached hydrogens (tertiary/aromatic N) is 2. The van der Waals surface area contributed by atoms with Gasteiger partial charge in [-0.25, -0.2) is 0 Å². The van der Waals surface area contributed by atoms with Crippen molar-refractivity contribution in [3.8, 4) is 0 Å². The van der Waals surface area contributed by atoms with Gasteiger partial charge in [0.25, 0.3) is 0 Å². The van der Waals surface area contributed by atoms with E-state index in [0.717, 1.165) is 6.54 Å². The number of hydrogen-bond donors (Lipinski definition) is 1. The fourth-order valence-corrected chi connectivity index (χ4v) is 2.74. The summed E-state index contributed by atoms with van der Waals surface area (Å²) in [7, 11) is 1.98. The van der Waals surface area contributed by atoms with Crippen LogP contribution in [0, 0.1) is 5.92 Å². The molecule has 1 aliphatic carbocycles. The lowest BCUT2D eigenvalue weighted by Crippen LogP contribution is -2.20. The fraction of sp³-hybridized carbons (Fsp3) is 0.750. The average molecular weight is 207 g/mol. The van der Waals surface area contributed by atoms with Crippen molar-refractivity contribution in [1.82, 2.24) is 9.78 Å². The van der Waals surface area contributed by atoms with Crippen LogP contribution in [0.3, 0.4) is 0 Å². The summed E-state index contributed by atoms with van der Waals surface area (Å²) in [6.07, 6.45) is 10.8. The van der Waals surface area contributed by atoms with Gasteiger partial charge < -0.3 is 5.73 Å². The van der Waals surface area contributed by atoms with Crippen LogP contribution in [0.4, 0.5) is 0 Å². The summed E-state index contributed by atoms with van der Waals surface area (Å²) in [5.41, 5.74) is 7.26. The third-order valence-corrected chi connectivity index (χ3v) is 3.61. The molecule has 0 amide bonds. The number of nitrogens with two attached hydrogens (primary N) is 1. The highest BCUT2D eigenvalue weighted by atomic mass is 15.2. The molecule has 84 valence electrons. The van der Waals surface area contributed by atoms with Gasteiger partial charge in [0.2, 0.25) is 0 Å². The molecule has 2 atom stereocenters. The zero-order valence-corrected chi connectivity index (χ0v) is 9.52. The Kier molecular flexibility index (Phi) is 3.41. The minimum Gasteiger partial charge on any atom is -0.330 e. The minimum atomic E-state index is 0.645. The number of aromatic nitrogens is 2. The molecule has 3 heteroatoms. The topological polar surface area (TPSA) is 43.8 Å². The third kappa shape index (κ3) is 2.40. The van der Waals surface area contributed by atoms with Crippen molar-refractivity contribution < 1.29 is 0 Å². The Balaban J connectivity index is 2.16. The van der Waals surface area contributed by atoms with Crippen molar-refractivity contribution in [3.63, 3.8) is 0 Å². The van der Waals surface area contributed by atoms with Crippen molar-refractivity contribution in [3.05, 3.63) is 18.0 Å². The standard InChI is InChI=1S/C12H21N3/c1-15-9-11(8-14-15)12-6-4-2-3-5-10(12)7-13/h8-10,12H,2-7,13H2,1H3. The van der Waals surface area contributed by atoms with Gasteiger partial charge in [0.1, 0.15) is 0 Å². The first kappa shape index (κ1) is 10.7. The lowest BCUT2D eigenvalue weighted by molar-refractivity contribution is 0.408. The molecule has 1 aromatic rings. The van der Waals surface area contributed by atoms with Gasteiger partial charge in [0, 0.05) is 13.2 Å². The molecular formula is C12H21N3. The quantitative estimate of drug-likeness (QED) is 0.754. The molecule has 2 rings (SSSR count). The Labute approximate surface area is 91.7 Å². The second kappa shape index (κ2) is 4.79. The number of aryl methyl sites for hydroxylation is 1. The first-order valence-corrected chi connectivity index (χ1v) is 6.00. The molecule has 0 aromatic carbocycles. The van der Waals surface area contributed by atoms with E-state index in [0.29, 0.717) is 11.8 Å². The molecule has 3 nitrogen and oxygen atoms in total. The lowest BCUT2D eigenvalue weighted by Gasteiger charge is -2.22. The Hall–Kier alpha value is -0.830. The van der Waals surface area contributed by atoms with Crippen molar-refractivity contribution >= 4 is 0 Å². The van der Waals surface area contributed by atoms with Gasteiger partial charge in [-0.15, -0.1) is 0 Å². The highest BCUT2D eigenvalue weighted by Gasteiger charge is 2.24. The summed E-state index contributed by atoms with van der Waals surface area (Å²) < 4.78 is 1.90. The molecule has 0 bridgehead atoms. The molecule has 2 N–H and O–H groups in total. The summed E-state index contributed by atoms with van der Waals surface area (Å²) in [6, 6.07) is 0. The van der Waals surface area contributed by atoms with E-state index < -0.39 is 0 Å². The molecular weight excluding hydrogens is 186 g/mol. The minimum absolute atomic E-state index is 0.645. The first-order chi connectivity index (χ1) is 7.31. The average Bonchev–Trinajstić information content (AvgIpc) is 2.54. The smallest absolute Gasteiger partial charge is 0.0524 e. The van der Waals surface area contributed by atoms with Gasteiger partial charge in [-0.05, 0) is 36.8 Å². The third-order valence-electron chi connectivity index (χ3n) is 3.61. The Morgan fingerprint density at radius 3 is 2.87 bits per heavy atom. The van der Waals surface area contributed by atoms with Crippen molar-refractivity contribution in [1.29, 1.82) is 0 Å². The van der Waals surface area contributed by atoms with Crippen LogP contribution < -0.4 is 5.73 Å². The second-order valence-electron chi connectivity index (χ2n) is 4.69. The fourth-order valence-electron chi connectivity index (χ4n) is 2.74. The van der Waals surface area contributed by atoms with E-state index >= 15 is 0 Å². The van der Waals surface area contributed by atoms with Crippen LogP contribution >= 0.6 is 0 Å². The van der Waals surface area contributed by atoms with E-state index in [1.165, 1.54) is 37.7 Å². The van der Waals surface area contributed by atoms with Crippen LogP contribution in [-0.2, 0) is 7.05 Å². The monoisotopic (exact) mass is 207 g/mol. The van der Waals surface area contributed by atoms with E-state index in [4.69, 9.17) is 5.73 Å². The predicted molar refractivity (Wildman–Crippen MR) is 61.6 cm³/mol. The largest absolute Gasteiger partial charge is 0.330 e. The maximum absolute atomic E-state index is 5.88. The van der Waals surface area contributed by atoms with Crippen molar-refractivity contribution in [2.75, 3.05) is 6.54 Å². The summed E-state index contributed by atoms with van der Waals surface area (Å²) in [5, 5.41) is 4.27. The van der Waals surface area contributed by atoms with Gasteiger partial charge in [0.05, 0.1) is 6.20 Å². The van der Waals surface area contributed by atoms with Crippen LogP contribution in [0.15, 0.2) is 12.4 Å². The van der Waals surface area contributed by atoms with Gasteiger partial charge in [-0.2, -0.15) is 5.10 Å². The maximum atomic E-state index is 5.88. The molecule has 0 spiro atoms. The van der Waals surface area contributed by atoms with E-state index in [1.807, 2.05) is 17.9 Å². The SMILES string of the molecule is Cn1cc(C2CCCCCC2CN)cn1. The molecule has 0 aliphatic heterocycles. The molecule has 15 heavy (non-hydrogen) atoms. The van der Waals surface area contributed by atoms with E-state index in [9.17, 15) is 0 Å². The molecule has 1 aromatic heterocycles. The zero-order valence-electron chi connectivity index (χ0n) is 9.52. The van der Waals surface area contributed by atoms with Crippen LogP contribution in [0.25, 0.3) is 0 Å². The second-order valence-corrected chi connectivity index (χ2v) is 4.69. The molecule has 1 fully saturated rings. The summed E-state index contributed by atoms with van der Waals surface area (Å²) in [4.78, 5) is 0. The van der Waals surface area contributed by atoms with Crippen molar-refractivity contribution in [2.24, 2.45) is 18.7 Å². The molecule has 0 radical (unpaired) electrons. The molecule has 2 unspecified atom stereocenters. The van der Waals surface area contributed by atoms with Crippen LogP contribution in [0.5, 0.6) is 0 Å². The number of hydrogen-bond acceptors (Lipinski definition) is 2. The van der Waals surface area contributed by atoms with E-state index in [2.05, 4.69) is 11.3 Å². The Morgan fingerprint density at radius 1 is 1.40 bits per heavy atom. The van der Waals surface area contributed by atoms with Crippen LogP contribution in [-0.4, -0.2) is 16.3 Å². The van der Waals surface area contributed by atoms with Crippen LogP contribution in [0.1, 0.15) is 43.6 Å². The van der Waals surface area contributed by atoms with Gasteiger partial charge in [0.15, 0.2) is 0 Å². The van der Waals surface area contributed by atoms with Crippen molar-refractivity contribution in [2.45, 2.75) is 38.0 Å². The van der Waals surface area contributed by atoms with Gasteiger partial charge >= 0.3 is 0 Å². The Morgan fingerprint density at radius 2 is 2.20 bits per heavy atom. The normalized spacial score (nSPS) is 27.6. The van der Waals surface area contributed by atoms with E-state index in [1.54, 1.807) is 0 Å². The zero-order chi connectivity index (χ0) is 10.7. The highest BCUT2D eigenvalue weighted by molar-refractivity contribution is 5.13. The number of rotatable bonds is 2. The molecule has 1 heterocycles. The predicted octanol–water partition coefficient (Wildman–Crippen LogP) is 2.04. The lowest BCUT2D eigenvalue weighted by atomic mass is 9.84. The van der Waals surface area contributed by atoms with Gasteiger partial charge in [-0.3, -0.25) is 4.68 Å². The van der Waals surface area contributed by atoms with Crippen LogP contribution in [0.2, 0.25) is 0 Å². The summed E-state index contributed by atoms with van der Waals surface area (Å²) >= 11 is 0. The summed E-state index contributed by atoms with van der Waals surface area (Å²) in [5.74, 6) is 1.31. The Bertz CT molecular complexity index is 306. The maximum Gasteiger partial charge on any atom is 0.0524 e. The first-order valence-electron chi connectivity index (χ1n) is 6.00. The highest BCUT2D eigenvalue weighted by Crippen LogP contribution is 2.35. The molecule has 0 saturated heterocycles. The molecule has 1 saturated carbocycles. The van der Waals surface area contributed by atoms with E-state index in [-0.39, 0.29) is 0 Å². The molecule has 1 aliphatic rings.